The second-order valence-electron chi connectivity index (χ2n) is 6.41. The molecule has 20 heavy (non-hydrogen) atoms. The van der Waals surface area contributed by atoms with Crippen molar-refractivity contribution in [1.82, 2.24) is 5.32 Å². The molecule has 0 heterocycles. The van der Waals surface area contributed by atoms with E-state index in [4.69, 9.17) is 0 Å². The van der Waals surface area contributed by atoms with Crippen molar-refractivity contribution in [2.24, 2.45) is 11.8 Å². The highest BCUT2D eigenvalue weighted by Gasteiger charge is 2.26. The van der Waals surface area contributed by atoms with Gasteiger partial charge in [0.2, 0.25) is 0 Å². The fraction of sp³-hybridized carbons (Fsp3) is 0.647. The molecule has 0 aliphatic heterocycles. The third-order valence-electron chi connectivity index (χ3n) is 4.18. The number of nitrogens with one attached hydrogen (secondary N) is 1. The summed E-state index contributed by atoms with van der Waals surface area (Å²) in [5.74, 6) is 0.486. The third kappa shape index (κ3) is 4.27. The molecule has 1 saturated carbocycles. The quantitative estimate of drug-likeness (QED) is 0.839. The van der Waals surface area contributed by atoms with E-state index in [0.717, 1.165) is 44.0 Å². The van der Waals surface area contributed by atoms with E-state index in [9.17, 15) is 8.78 Å². The van der Waals surface area contributed by atoms with Gasteiger partial charge in [0, 0.05) is 6.07 Å². The van der Waals surface area contributed by atoms with Crippen LogP contribution in [0.3, 0.4) is 0 Å². The van der Waals surface area contributed by atoms with Crippen LogP contribution in [-0.2, 0) is 0 Å². The van der Waals surface area contributed by atoms with Crippen molar-refractivity contribution in [1.29, 1.82) is 0 Å². The van der Waals surface area contributed by atoms with E-state index < -0.39 is 11.6 Å². The molecule has 2 unspecified atom stereocenters. The zero-order chi connectivity index (χ0) is 14.5. The lowest BCUT2D eigenvalue weighted by Crippen LogP contribution is -2.31. The molecule has 0 saturated heterocycles. The Balaban J connectivity index is 2.05. The Kier molecular flexibility index (Phi) is 5.53. The normalized spacial score (nSPS) is 23.2. The van der Waals surface area contributed by atoms with Crippen LogP contribution in [-0.4, -0.2) is 13.1 Å². The summed E-state index contributed by atoms with van der Waals surface area (Å²) >= 11 is 0. The third-order valence-corrected chi connectivity index (χ3v) is 4.18. The number of halogens is 2. The summed E-state index contributed by atoms with van der Waals surface area (Å²) in [6, 6.07) is 3.97. The maximum absolute atomic E-state index is 13.4. The van der Waals surface area contributed by atoms with Crippen LogP contribution in [0.1, 0.15) is 51.0 Å². The Morgan fingerprint density at radius 1 is 1.10 bits per heavy atom. The molecule has 0 spiro atoms. The van der Waals surface area contributed by atoms with E-state index in [1.54, 1.807) is 0 Å². The van der Waals surface area contributed by atoms with Gasteiger partial charge in [-0.25, -0.2) is 8.78 Å². The van der Waals surface area contributed by atoms with Gasteiger partial charge in [-0.15, -0.1) is 0 Å². The van der Waals surface area contributed by atoms with Crippen molar-refractivity contribution in [3.63, 3.8) is 0 Å². The molecule has 2 rings (SSSR count). The molecular formula is C17H25F2N. The Labute approximate surface area is 120 Å². The van der Waals surface area contributed by atoms with Gasteiger partial charge in [-0.2, -0.15) is 0 Å². The zero-order valence-corrected chi connectivity index (χ0v) is 12.5. The molecule has 1 aliphatic carbocycles. The molecule has 0 bridgehead atoms. The monoisotopic (exact) mass is 281 g/mol. The number of rotatable bonds is 5. The van der Waals surface area contributed by atoms with E-state index >= 15 is 0 Å². The van der Waals surface area contributed by atoms with Gasteiger partial charge < -0.3 is 5.32 Å². The molecule has 1 nitrogen and oxygen atoms in total. The van der Waals surface area contributed by atoms with E-state index in [1.165, 1.54) is 18.6 Å². The molecule has 0 amide bonds. The molecule has 112 valence electrons. The molecule has 0 aromatic heterocycles. The molecular weight excluding hydrogens is 256 g/mol. The van der Waals surface area contributed by atoms with Gasteiger partial charge >= 0.3 is 0 Å². The summed E-state index contributed by atoms with van der Waals surface area (Å²) in [5, 5.41) is 3.50. The summed E-state index contributed by atoms with van der Waals surface area (Å²) in [5.41, 5.74) is 0.832. The predicted molar refractivity (Wildman–Crippen MR) is 78.8 cm³/mol. The van der Waals surface area contributed by atoms with Crippen LogP contribution < -0.4 is 5.32 Å². The van der Waals surface area contributed by atoms with Crippen LogP contribution >= 0.6 is 0 Å². The lowest BCUT2D eigenvalue weighted by molar-refractivity contribution is 0.291. The first kappa shape index (κ1) is 15.4. The lowest BCUT2D eigenvalue weighted by atomic mass is 9.75. The van der Waals surface area contributed by atoms with Crippen molar-refractivity contribution < 1.29 is 8.78 Å². The Morgan fingerprint density at radius 3 is 2.40 bits per heavy atom. The van der Waals surface area contributed by atoms with Crippen molar-refractivity contribution in [3.05, 3.63) is 35.4 Å². The van der Waals surface area contributed by atoms with Gasteiger partial charge in [0.15, 0.2) is 0 Å². The lowest BCUT2D eigenvalue weighted by Gasteiger charge is -2.32. The minimum Gasteiger partial charge on any atom is -0.316 e. The first-order chi connectivity index (χ1) is 9.56. The molecule has 1 aromatic rings. The Bertz CT molecular complexity index is 411. The van der Waals surface area contributed by atoms with Crippen molar-refractivity contribution in [3.8, 4) is 0 Å². The molecule has 1 fully saturated rings. The summed E-state index contributed by atoms with van der Waals surface area (Å²) in [6.07, 6.45) is 4.57. The van der Waals surface area contributed by atoms with Crippen LogP contribution in [0.25, 0.3) is 0 Å². The highest BCUT2D eigenvalue weighted by Crippen LogP contribution is 2.37. The number of hydrogen-bond donors (Lipinski definition) is 1. The summed E-state index contributed by atoms with van der Waals surface area (Å²) in [7, 11) is 0. The Morgan fingerprint density at radius 2 is 1.75 bits per heavy atom. The van der Waals surface area contributed by atoms with Gasteiger partial charge in [0.25, 0.3) is 0 Å². The molecule has 1 aromatic carbocycles. The smallest absolute Gasteiger partial charge is 0.126 e. The van der Waals surface area contributed by atoms with Crippen LogP contribution in [0, 0.1) is 23.5 Å². The fourth-order valence-electron chi connectivity index (χ4n) is 3.24. The zero-order valence-electron chi connectivity index (χ0n) is 12.5. The largest absolute Gasteiger partial charge is 0.316 e. The van der Waals surface area contributed by atoms with Gasteiger partial charge in [0.1, 0.15) is 11.6 Å². The average Bonchev–Trinajstić information content (AvgIpc) is 2.37. The minimum absolute atomic E-state index is 0.286. The van der Waals surface area contributed by atoms with Gasteiger partial charge in [-0.05, 0) is 61.4 Å². The number of benzene rings is 1. The average molecular weight is 281 g/mol. The molecule has 1 aliphatic rings. The molecule has 3 heteroatoms. The maximum atomic E-state index is 13.4. The minimum atomic E-state index is -0.459. The van der Waals surface area contributed by atoms with Crippen LogP contribution in [0.2, 0.25) is 0 Å². The van der Waals surface area contributed by atoms with Crippen molar-refractivity contribution >= 4 is 0 Å². The van der Waals surface area contributed by atoms with Crippen LogP contribution in [0.15, 0.2) is 18.2 Å². The summed E-state index contributed by atoms with van der Waals surface area (Å²) in [6.45, 7) is 6.32. The fourth-order valence-corrected chi connectivity index (χ4v) is 3.24. The highest BCUT2D eigenvalue weighted by molar-refractivity contribution is 5.23. The molecule has 2 atom stereocenters. The van der Waals surface area contributed by atoms with Gasteiger partial charge in [-0.1, -0.05) is 26.7 Å². The van der Waals surface area contributed by atoms with Gasteiger partial charge in [-0.3, -0.25) is 0 Å². The SMILES string of the molecule is CC(C)CNCC1CCCCC1c1cc(F)cc(F)c1. The predicted octanol–water partition coefficient (Wildman–Crippen LogP) is 4.48. The topological polar surface area (TPSA) is 12.0 Å². The van der Waals surface area contributed by atoms with Gasteiger partial charge in [0.05, 0.1) is 0 Å². The number of hydrogen-bond acceptors (Lipinski definition) is 1. The summed E-state index contributed by atoms with van der Waals surface area (Å²) in [4.78, 5) is 0. The second-order valence-corrected chi connectivity index (χ2v) is 6.41. The highest BCUT2D eigenvalue weighted by atomic mass is 19.1. The van der Waals surface area contributed by atoms with E-state index in [0.29, 0.717) is 11.8 Å². The van der Waals surface area contributed by atoms with Crippen molar-refractivity contribution in [2.45, 2.75) is 45.4 Å². The first-order valence-corrected chi connectivity index (χ1v) is 7.73. The van der Waals surface area contributed by atoms with E-state index in [-0.39, 0.29) is 5.92 Å². The maximum Gasteiger partial charge on any atom is 0.126 e. The Hall–Kier alpha value is -0.960. The van der Waals surface area contributed by atoms with Crippen molar-refractivity contribution in [2.75, 3.05) is 13.1 Å². The second kappa shape index (κ2) is 7.16. The standard InChI is InChI=1S/C17H25F2N/c1-12(2)10-20-11-13-5-3-4-6-17(13)14-7-15(18)9-16(19)8-14/h7-9,12-13,17,20H,3-6,10-11H2,1-2H3. The van der Waals surface area contributed by atoms with E-state index in [2.05, 4.69) is 19.2 Å². The van der Waals surface area contributed by atoms with Crippen LogP contribution in [0.5, 0.6) is 0 Å². The first-order valence-electron chi connectivity index (χ1n) is 7.73. The molecule has 1 N–H and O–H groups in total. The molecule has 0 radical (unpaired) electrons. The van der Waals surface area contributed by atoms with E-state index in [1.807, 2.05) is 0 Å². The van der Waals surface area contributed by atoms with Crippen LogP contribution in [0.4, 0.5) is 8.78 Å². The summed E-state index contributed by atoms with van der Waals surface area (Å²) < 4.78 is 26.8.